The Morgan fingerprint density at radius 3 is 2.76 bits per heavy atom. The lowest BCUT2D eigenvalue weighted by atomic mass is 10.1. The number of ether oxygens (including phenoxy) is 1. The molecule has 1 rings (SSSR count). The SMILES string of the molecule is COc1ccc(Br)c(CCCNCC(C)C)c1. The third-order valence-corrected chi connectivity index (χ3v) is 3.38. The van der Waals surface area contributed by atoms with Crippen LogP contribution in [0.2, 0.25) is 0 Å². The van der Waals surface area contributed by atoms with Crippen molar-refractivity contribution in [2.45, 2.75) is 26.7 Å². The monoisotopic (exact) mass is 299 g/mol. The van der Waals surface area contributed by atoms with Crippen LogP contribution in [0.15, 0.2) is 22.7 Å². The van der Waals surface area contributed by atoms with Gasteiger partial charge in [-0.2, -0.15) is 0 Å². The van der Waals surface area contributed by atoms with Crippen molar-refractivity contribution in [3.8, 4) is 5.75 Å². The van der Waals surface area contributed by atoms with Gasteiger partial charge in [0.05, 0.1) is 7.11 Å². The Balaban J connectivity index is 2.35. The number of benzene rings is 1. The Hall–Kier alpha value is -0.540. The first-order chi connectivity index (χ1) is 8.13. The third kappa shape index (κ3) is 5.55. The van der Waals surface area contributed by atoms with Crippen LogP contribution >= 0.6 is 15.9 Å². The standard InChI is InChI=1S/C14H22BrNO/c1-11(2)10-16-8-4-5-12-9-13(17-3)6-7-14(12)15/h6-7,9,11,16H,4-5,8,10H2,1-3H3. The van der Waals surface area contributed by atoms with Crippen molar-refractivity contribution in [1.29, 1.82) is 0 Å². The van der Waals surface area contributed by atoms with Gasteiger partial charge in [-0.15, -0.1) is 0 Å². The minimum absolute atomic E-state index is 0.721. The van der Waals surface area contributed by atoms with E-state index in [-0.39, 0.29) is 0 Å². The van der Waals surface area contributed by atoms with Gasteiger partial charge in [0.1, 0.15) is 5.75 Å². The molecule has 2 nitrogen and oxygen atoms in total. The van der Waals surface area contributed by atoms with Crippen molar-refractivity contribution < 1.29 is 4.74 Å². The predicted molar refractivity (Wildman–Crippen MR) is 76.7 cm³/mol. The normalized spacial score (nSPS) is 10.9. The van der Waals surface area contributed by atoms with Crippen molar-refractivity contribution >= 4 is 15.9 Å². The van der Waals surface area contributed by atoms with Gasteiger partial charge in [-0.05, 0) is 55.6 Å². The van der Waals surface area contributed by atoms with Gasteiger partial charge >= 0.3 is 0 Å². The first-order valence-corrected chi connectivity index (χ1v) is 6.96. The molecular formula is C14H22BrNO. The quantitative estimate of drug-likeness (QED) is 0.776. The Morgan fingerprint density at radius 1 is 1.35 bits per heavy atom. The maximum atomic E-state index is 5.23. The summed E-state index contributed by atoms with van der Waals surface area (Å²) in [5, 5.41) is 3.46. The average Bonchev–Trinajstić information content (AvgIpc) is 2.30. The van der Waals surface area contributed by atoms with Crippen LogP contribution in [0.5, 0.6) is 5.75 Å². The zero-order valence-electron chi connectivity index (χ0n) is 10.9. The molecule has 0 heterocycles. The summed E-state index contributed by atoms with van der Waals surface area (Å²) >= 11 is 3.58. The van der Waals surface area contributed by atoms with E-state index >= 15 is 0 Å². The molecule has 0 bridgehead atoms. The van der Waals surface area contributed by atoms with Crippen LogP contribution in [-0.4, -0.2) is 20.2 Å². The summed E-state index contributed by atoms with van der Waals surface area (Å²) in [6.45, 7) is 6.62. The van der Waals surface area contributed by atoms with Crippen LogP contribution in [0.3, 0.4) is 0 Å². The third-order valence-electron chi connectivity index (χ3n) is 2.61. The molecule has 0 fully saturated rings. The molecule has 0 aliphatic heterocycles. The molecule has 3 heteroatoms. The van der Waals surface area contributed by atoms with Gasteiger partial charge in [0.15, 0.2) is 0 Å². The maximum Gasteiger partial charge on any atom is 0.119 e. The highest BCUT2D eigenvalue weighted by atomic mass is 79.9. The van der Waals surface area contributed by atoms with E-state index in [4.69, 9.17) is 4.74 Å². The lowest BCUT2D eigenvalue weighted by Gasteiger charge is -2.09. The molecule has 0 aliphatic carbocycles. The van der Waals surface area contributed by atoms with E-state index in [9.17, 15) is 0 Å². The van der Waals surface area contributed by atoms with E-state index in [1.54, 1.807) is 7.11 Å². The van der Waals surface area contributed by atoms with Crippen molar-refractivity contribution in [3.63, 3.8) is 0 Å². The summed E-state index contributed by atoms with van der Waals surface area (Å²) in [6.07, 6.45) is 2.22. The van der Waals surface area contributed by atoms with Gasteiger partial charge in [0, 0.05) is 4.47 Å². The highest BCUT2D eigenvalue weighted by Gasteiger charge is 2.02. The molecule has 0 aliphatic rings. The molecule has 1 aromatic rings. The zero-order chi connectivity index (χ0) is 12.7. The first-order valence-electron chi connectivity index (χ1n) is 6.16. The van der Waals surface area contributed by atoms with E-state index in [0.29, 0.717) is 0 Å². The summed E-state index contributed by atoms with van der Waals surface area (Å²) in [5.74, 6) is 1.65. The van der Waals surface area contributed by atoms with Gasteiger partial charge in [-0.3, -0.25) is 0 Å². The largest absolute Gasteiger partial charge is 0.497 e. The lowest BCUT2D eigenvalue weighted by Crippen LogP contribution is -2.21. The van der Waals surface area contributed by atoms with Crippen molar-refractivity contribution in [2.24, 2.45) is 5.92 Å². The first kappa shape index (κ1) is 14.5. The van der Waals surface area contributed by atoms with E-state index in [2.05, 4.69) is 47.2 Å². The molecule has 0 saturated carbocycles. The van der Waals surface area contributed by atoms with E-state index in [1.807, 2.05) is 6.07 Å². The van der Waals surface area contributed by atoms with Crippen molar-refractivity contribution in [1.82, 2.24) is 5.32 Å². The maximum absolute atomic E-state index is 5.23. The molecule has 0 aromatic heterocycles. The molecule has 1 N–H and O–H groups in total. The van der Waals surface area contributed by atoms with E-state index < -0.39 is 0 Å². The molecule has 0 radical (unpaired) electrons. The minimum atomic E-state index is 0.721. The minimum Gasteiger partial charge on any atom is -0.497 e. The molecule has 1 aromatic carbocycles. The highest BCUT2D eigenvalue weighted by Crippen LogP contribution is 2.23. The number of halogens is 1. The summed E-state index contributed by atoms with van der Waals surface area (Å²) in [5.41, 5.74) is 1.32. The molecular weight excluding hydrogens is 278 g/mol. The fourth-order valence-corrected chi connectivity index (χ4v) is 2.11. The molecule has 0 saturated heterocycles. The van der Waals surface area contributed by atoms with Crippen molar-refractivity contribution in [3.05, 3.63) is 28.2 Å². The number of hydrogen-bond acceptors (Lipinski definition) is 2. The van der Waals surface area contributed by atoms with Gasteiger partial charge in [0.25, 0.3) is 0 Å². The Kier molecular flexibility index (Phi) is 6.60. The van der Waals surface area contributed by atoms with Crippen LogP contribution in [0.25, 0.3) is 0 Å². The zero-order valence-corrected chi connectivity index (χ0v) is 12.5. The second-order valence-electron chi connectivity index (χ2n) is 4.66. The number of methoxy groups -OCH3 is 1. The number of aryl methyl sites for hydroxylation is 1. The van der Waals surface area contributed by atoms with Crippen LogP contribution in [0, 0.1) is 5.92 Å². The predicted octanol–water partition coefficient (Wildman–Crippen LogP) is 3.64. The van der Waals surface area contributed by atoms with Crippen LogP contribution in [-0.2, 0) is 6.42 Å². The smallest absolute Gasteiger partial charge is 0.119 e. The molecule has 0 unspecified atom stereocenters. The Labute approximate surface area is 113 Å². The molecule has 0 amide bonds. The summed E-state index contributed by atoms with van der Waals surface area (Å²) < 4.78 is 6.40. The molecule has 0 atom stereocenters. The van der Waals surface area contributed by atoms with Crippen LogP contribution in [0.4, 0.5) is 0 Å². The van der Waals surface area contributed by atoms with Crippen molar-refractivity contribution in [2.75, 3.05) is 20.2 Å². The second kappa shape index (κ2) is 7.72. The Morgan fingerprint density at radius 2 is 2.12 bits per heavy atom. The number of rotatable bonds is 7. The van der Waals surface area contributed by atoms with Crippen LogP contribution in [0.1, 0.15) is 25.8 Å². The fourth-order valence-electron chi connectivity index (χ4n) is 1.66. The Bertz CT molecular complexity index is 339. The number of nitrogens with one attached hydrogen (secondary N) is 1. The average molecular weight is 300 g/mol. The second-order valence-corrected chi connectivity index (χ2v) is 5.51. The van der Waals surface area contributed by atoms with Gasteiger partial charge in [0.2, 0.25) is 0 Å². The molecule has 0 spiro atoms. The van der Waals surface area contributed by atoms with E-state index in [1.165, 1.54) is 10.0 Å². The summed E-state index contributed by atoms with van der Waals surface area (Å²) in [6, 6.07) is 6.13. The fraction of sp³-hybridized carbons (Fsp3) is 0.571. The topological polar surface area (TPSA) is 21.3 Å². The molecule has 17 heavy (non-hydrogen) atoms. The van der Waals surface area contributed by atoms with Gasteiger partial charge in [-0.25, -0.2) is 0 Å². The van der Waals surface area contributed by atoms with Gasteiger partial charge < -0.3 is 10.1 Å². The van der Waals surface area contributed by atoms with Crippen LogP contribution < -0.4 is 10.1 Å². The highest BCUT2D eigenvalue weighted by molar-refractivity contribution is 9.10. The van der Waals surface area contributed by atoms with E-state index in [0.717, 1.165) is 37.6 Å². The summed E-state index contributed by atoms with van der Waals surface area (Å²) in [7, 11) is 1.71. The number of hydrogen-bond donors (Lipinski definition) is 1. The van der Waals surface area contributed by atoms with Gasteiger partial charge in [-0.1, -0.05) is 29.8 Å². The molecule has 96 valence electrons. The lowest BCUT2D eigenvalue weighted by molar-refractivity contribution is 0.414. The summed E-state index contributed by atoms with van der Waals surface area (Å²) in [4.78, 5) is 0.